The maximum absolute atomic E-state index is 14.2. The fourth-order valence-corrected chi connectivity index (χ4v) is 4.07. The lowest BCUT2D eigenvalue weighted by molar-refractivity contribution is 0.0948. The molecule has 1 amide bonds. The van der Waals surface area contributed by atoms with Crippen LogP contribution in [0.4, 0.5) is 10.2 Å². The number of anilines is 1. The normalized spacial score (nSPS) is 17.7. The first kappa shape index (κ1) is 21.4. The van der Waals surface area contributed by atoms with E-state index in [0.717, 1.165) is 12.0 Å². The number of hydrogen-bond acceptors (Lipinski definition) is 5. The highest BCUT2D eigenvalue weighted by atomic mass is 19.1. The first-order chi connectivity index (χ1) is 15.5. The summed E-state index contributed by atoms with van der Waals surface area (Å²) in [4.78, 5) is 12.5. The minimum atomic E-state index is -1.01. The van der Waals surface area contributed by atoms with Crippen molar-refractivity contribution in [1.82, 2.24) is 15.1 Å². The fraction of sp³-hybridized carbons (Fsp3) is 0.292. The second-order valence-electron chi connectivity index (χ2n) is 7.76. The van der Waals surface area contributed by atoms with Gasteiger partial charge < -0.3 is 15.8 Å². The van der Waals surface area contributed by atoms with Crippen molar-refractivity contribution < 1.29 is 13.9 Å². The lowest BCUT2D eigenvalue weighted by Gasteiger charge is -2.14. The number of nitrogens with two attached hydrogens (primary N) is 1. The van der Waals surface area contributed by atoms with Gasteiger partial charge in [-0.3, -0.25) is 4.79 Å². The molecule has 164 valence electrons. The van der Waals surface area contributed by atoms with Crippen LogP contribution >= 0.6 is 0 Å². The van der Waals surface area contributed by atoms with Gasteiger partial charge in [0, 0.05) is 12.1 Å². The quantitative estimate of drug-likeness (QED) is 0.611. The van der Waals surface area contributed by atoms with E-state index in [4.69, 9.17) is 10.5 Å². The number of rotatable bonds is 6. The first-order valence-corrected chi connectivity index (χ1v) is 10.5. The van der Waals surface area contributed by atoms with Crippen molar-refractivity contribution in [3.63, 3.8) is 0 Å². The molecule has 2 aromatic carbocycles. The van der Waals surface area contributed by atoms with E-state index in [-0.39, 0.29) is 17.3 Å². The van der Waals surface area contributed by atoms with Gasteiger partial charge in [0.15, 0.2) is 0 Å². The highest BCUT2D eigenvalue weighted by Crippen LogP contribution is 2.37. The number of hydrogen-bond donors (Lipinski definition) is 2. The molecule has 8 heteroatoms. The van der Waals surface area contributed by atoms with Crippen LogP contribution in [-0.2, 0) is 6.54 Å². The topological polar surface area (TPSA) is 106 Å². The maximum atomic E-state index is 14.2. The van der Waals surface area contributed by atoms with Gasteiger partial charge in [0.05, 0.1) is 18.7 Å². The molecule has 0 saturated heterocycles. The smallest absolute Gasteiger partial charge is 0.255 e. The summed E-state index contributed by atoms with van der Waals surface area (Å²) in [5.74, 6) is 0.475. The second kappa shape index (κ2) is 9.10. The number of benzene rings is 2. The van der Waals surface area contributed by atoms with Crippen molar-refractivity contribution in [3.8, 4) is 23.1 Å². The van der Waals surface area contributed by atoms with Crippen LogP contribution in [0.25, 0.3) is 11.3 Å². The van der Waals surface area contributed by atoms with E-state index in [1.54, 1.807) is 24.3 Å². The van der Waals surface area contributed by atoms with Gasteiger partial charge in [-0.05, 0) is 37.0 Å². The molecule has 32 heavy (non-hydrogen) atoms. The molecule has 1 aliphatic rings. The first-order valence-electron chi connectivity index (χ1n) is 10.5. The van der Waals surface area contributed by atoms with Gasteiger partial charge in [-0.25, -0.2) is 9.07 Å². The van der Waals surface area contributed by atoms with Crippen molar-refractivity contribution in [2.45, 2.75) is 38.0 Å². The molecule has 2 atom stereocenters. The molecule has 0 spiro atoms. The summed E-state index contributed by atoms with van der Waals surface area (Å²) in [7, 11) is 1.52. The molecule has 3 aromatic rings. The van der Waals surface area contributed by atoms with Crippen LogP contribution in [0.15, 0.2) is 48.5 Å². The number of nitrogen functional groups attached to an aromatic ring is 1. The van der Waals surface area contributed by atoms with Crippen LogP contribution in [0.1, 0.15) is 46.8 Å². The van der Waals surface area contributed by atoms with Crippen molar-refractivity contribution in [2.24, 2.45) is 0 Å². The highest BCUT2D eigenvalue weighted by Gasteiger charge is 2.32. The van der Waals surface area contributed by atoms with Crippen molar-refractivity contribution in [3.05, 3.63) is 65.2 Å². The lowest BCUT2D eigenvalue weighted by Crippen LogP contribution is -2.23. The van der Waals surface area contributed by atoms with Crippen LogP contribution in [0, 0.1) is 11.3 Å². The maximum Gasteiger partial charge on any atom is 0.255 e. The summed E-state index contributed by atoms with van der Waals surface area (Å²) in [5.41, 5.74) is 8.88. The molecule has 7 nitrogen and oxygen atoms in total. The number of carbonyl (C=O) groups excluding carboxylic acids is 1. The van der Waals surface area contributed by atoms with Gasteiger partial charge >= 0.3 is 0 Å². The summed E-state index contributed by atoms with van der Waals surface area (Å²) >= 11 is 0. The Labute approximate surface area is 185 Å². The number of aromatic nitrogens is 2. The summed E-state index contributed by atoms with van der Waals surface area (Å²) < 4.78 is 20.9. The van der Waals surface area contributed by atoms with Gasteiger partial charge in [-0.1, -0.05) is 36.4 Å². The van der Waals surface area contributed by atoms with E-state index in [1.165, 1.54) is 11.8 Å². The summed E-state index contributed by atoms with van der Waals surface area (Å²) in [6.45, 7) is 0.324. The molecular weight excluding hydrogens is 409 g/mol. The molecule has 3 N–H and O–H groups in total. The molecule has 1 saturated carbocycles. The molecule has 0 radical (unpaired) electrons. The molecule has 1 fully saturated rings. The number of nitrogens with one attached hydrogen (secondary N) is 1. The number of halogens is 1. The fourth-order valence-electron chi connectivity index (χ4n) is 4.07. The zero-order valence-electron chi connectivity index (χ0n) is 17.7. The van der Waals surface area contributed by atoms with E-state index >= 15 is 0 Å². The number of amides is 1. The molecule has 0 bridgehead atoms. The third kappa shape index (κ3) is 4.02. The Morgan fingerprint density at radius 1 is 1.28 bits per heavy atom. The molecule has 1 heterocycles. The standard InChI is InChI=1S/C24H24FN5O2/c1-32-21-8-3-2-5-17(21)24(31)28-14-15-9-11-16(12-10-15)22-18(13-26)23(27)30(29-22)20-7-4-6-19(20)25/h2-3,5,8-12,19-20H,4,6-7,14,27H2,1H3,(H,28,31). The van der Waals surface area contributed by atoms with Crippen LogP contribution < -0.4 is 15.8 Å². The summed E-state index contributed by atoms with van der Waals surface area (Å²) in [6, 6.07) is 16.0. The minimum Gasteiger partial charge on any atom is -0.496 e. The van der Waals surface area contributed by atoms with Crippen LogP contribution in [-0.4, -0.2) is 29.0 Å². The zero-order chi connectivity index (χ0) is 22.7. The van der Waals surface area contributed by atoms with Crippen LogP contribution in [0.5, 0.6) is 5.75 Å². The summed E-state index contributed by atoms with van der Waals surface area (Å²) in [6.07, 6.45) is 0.904. The highest BCUT2D eigenvalue weighted by molar-refractivity contribution is 5.96. The average Bonchev–Trinajstić information content (AvgIpc) is 3.39. The number of methoxy groups -OCH3 is 1. The molecule has 2 unspecified atom stereocenters. The molecule has 0 aliphatic heterocycles. The largest absolute Gasteiger partial charge is 0.496 e. The van der Waals surface area contributed by atoms with Gasteiger partial charge in [0.2, 0.25) is 0 Å². The third-order valence-corrected chi connectivity index (χ3v) is 5.80. The van der Waals surface area contributed by atoms with Gasteiger partial charge in [0.1, 0.15) is 35.1 Å². The third-order valence-electron chi connectivity index (χ3n) is 5.80. The Kier molecular flexibility index (Phi) is 6.08. The molecule has 1 aromatic heterocycles. The summed E-state index contributed by atoms with van der Waals surface area (Å²) in [5, 5.41) is 17.0. The minimum absolute atomic E-state index is 0.199. The van der Waals surface area contributed by atoms with Crippen molar-refractivity contribution in [1.29, 1.82) is 5.26 Å². The van der Waals surface area contributed by atoms with Gasteiger partial charge in [-0.2, -0.15) is 10.4 Å². The number of nitrogens with zero attached hydrogens (tertiary/aromatic N) is 3. The monoisotopic (exact) mass is 433 g/mol. The average molecular weight is 433 g/mol. The molecule has 4 rings (SSSR count). The second-order valence-corrected chi connectivity index (χ2v) is 7.76. The number of para-hydroxylation sites is 1. The van der Waals surface area contributed by atoms with E-state index in [9.17, 15) is 14.4 Å². The van der Waals surface area contributed by atoms with E-state index in [0.29, 0.717) is 42.0 Å². The van der Waals surface area contributed by atoms with Crippen molar-refractivity contribution in [2.75, 3.05) is 12.8 Å². The number of alkyl halides is 1. The predicted molar refractivity (Wildman–Crippen MR) is 119 cm³/mol. The van der Waals surface area contributed by atoms with Gasteiger partial charge in [-0.15, -0.1) is 0 Å². The number of ether oxygens (including phenoxy) is 1. The Hall–Kier alpha value is -3.86. The van der Waals surface area contributed by atoms with E-state index in [1.807, 2.05) is 24.3 Å². The Morgan fingerprint density at radius 3 is 2.69 bits per heavy atom. The Balaban J connectivity index is 1.50. The predicted octanol–water partition coefficient (Wildman–Crippen LogP) is 4.01. The molecule has 1 aliphatic carbocycles. The zero-order valence-corrected chi connectivity index (χ0v) is 17.7. The SMILES string of the molecule is COc1ccccc1C(=O)NCc1ccc(-c2nn(C3CCCC3F)c(N)c2C#N)cc1. The van der Waals surface area contributed by atoms with E-state index in [2.05, 4.69) is 16.5 Å². The lowest BCUT2D eigenvalue weighted by atomic mass is 10.1. The van der Waals surface area contributed by atoms with Crippen LogP contribution in [0.2, 0.25) is 0 Å². The molecular formula is C24H24FN5O2. The number of carbonyl (C=O) groups is 1. The van der Waals surface area contributed by atoms with E-state index < -0.39 is 12.2 Å². The van der Waals surface area contributed by atoms with Crippen LogP contribution in [0.3, 0.4) is 0 Å². The Bertz CT molecular complexity index is 1170. The van der Waals surface area contributed by atoms with Gasteiger partial charge in [0.25, 0.3) is 5.91 Å². The number of nitriles is 1. The van der Waals surface area contributed by atoms with Crippen molar-refractivity contribution >= 4 is 11.7 Å². The Morgan fingerprint density at radius 2 is 2.03 bits per heavy atom.